The number of phenols is 1. The Morgan fingerprint density at radius 3 is 2.33 bits per heavy atom. The van der Waals surface area contributed by atoms with Crippen LogP contribution in [0, 0.1) is 11.8 Å². The molecule has 1 amide bonds. The summed E-state index contributed by atoms with van der Waals surface area (Å²) in [6.45, 7) is 2.54. The first-order valence-corrected chi connectivity index (χ1v) is 15.9. The number of phenolic OH excluding ortho intramolecular Hbond substituents is 1. The van der Waals surface area contributed by atoms with Crippen LogP contribution in [0.2, 0.25) is 5.02 Å². The zero-order valence-electron chi connectivity index (χ0n) is 24.1. The standard InChI is InChI=1S/C29H31ClF6N4O4S/c1-26(2)23(25(42)37-10-9-28(31,32)33)38-24(39-26)20-14-27(12-17(20)13-27)40(15-16-3-6-19(30)7-4-16)45(43,44)22-11-18(29(34,35)36)5-8-21(22)41/h3-8,11,17,20,23,41H,9-10,12-15H2,1-2H3,(H,37,42)(H,38,39)/t17?,20-,23-,27?/m0/s1. The second-order valence-electron chi connectivity index (χ2n) is 12.4. The van der Waals surface area contributed by atoms with Gasteiger partial charge in [-0.15, -0.1) is 0 Å². The highest BCUT2D eigenvalue weighted by Gasteiger charge is 2.64. The molecule has 0 saturated heterocycles. The Kier molecular flexibility index (Phi) is 8.40. The smallest absolute Gasteiger partial charge is 0.416 e. The molecule has 45 heavy (non-hydrogen) atoms. The number of fused-ring (bicyclic) bond motifs is 1. The summed E-state index contributed by atoms with van der Waals surface area (Å²) >= 11 is 6.00. The molecule has 1 aliphatic heterocycles. The Bertz CT molecular complexity index is 1610. The van der Waals surface area contributed by atoms with Crippen LogP contribution < -0.4 is 10.6 Å². The summed E-state index contributed by atoms with van der Waals surface area (Å²) in [6.07, 6.45) is -9.59. The van der Waals surface area contributed by atoms with Crippen molar-refractivity contribution in [3.05, 3.63) is 58.6 Å². The van der Waals surface area contributed by atoms with Gasteiger partial charge in [-0.2, -0.15) is 30.6 Å². The molecule has 6 rings (SSSR count). The van der Waals surface area contributed by atoms with Gasteiger partial charge in [0.15, 0.2) is 6.04 Å². The van der Waals surface area contributed by atoms with E-state index < -0.39 is 74.6 Å². The van der Waals surface area contributed by atoms with Gasteiger partial charge in [-0.05, 0) is 74.9 Å². The summed E-state index contributed by atoms with van der Waals surface area (Å²) in [4.78, 5) is 16.5. The first-order chi connectivity index (χ1) is 20.7. The van der Waals surface area contributed by atoms with Gasteiger partial charge in [0.1, 0.15) is 16.5 Å². The molecule has 0 radical (unpaired) electrons. The Hall–Kier alpha value is -3.04. The zero-order chi connectivity index (χ0) is 33.2. The third-order valence-electron chi connectivity index (χ3n) is 8.79. The summed E-state index contributed by atoms with van der Waals surface area (Å²) in [5.41, 5.74) is -2.71. The maximum atomic E-state index is 14.2. The molecular weight excluding hydrogens is 650 g/mol. The van der Waals surface area contributed by atoms with Crippen LogP contribution in [-0.4, -0.2) is 59.4 Å². The second kappa shape index (κ2) is 11.3. The number of benzene rings is 2. The molecule has 3 fully saturated rings. The van der Waals surface area contributed by atoms with Crippen molar-refractivity contribution in [3.63, 3.8) is 0 Å². The van der Waals surface area contributed by atoms with Crippen molar-refractivity contribution < 1.29 is 44.7 Å². The molecular formula is C29H31ClF6N4O4S. The molecule has 3 N–H and O–H groups in total. The van der Waals surface area contributed by atoms with Crippen LogP contribution in [0.5, 0.6) is 5.75 Å². The van der Waals surface area contributed by atoms with Crippen molar-refractivity contribution in [2.45, 2.75) is 80.4 Å². The van der Waals surface area contributed by atoms with Crippen LogP contribution in [0.1, 0.15) is 50.7 Å². The Morgan fingerprint density at radius 2 is 1.73 bits per heavy atom. The van der Waals surface area contributed by atoms with E-state index in [-0.39, 0.29) is 24.8 Å². The van der Waals surface area contributed by atoms with Gasteiger partial charge in [0, 0.05) is 29.6 Å². The normalized spacial score (nSPS) is 25.9. The van der Waals surface area contributed by atoms with E-state index in [1.165, 1.54) is 0 Å². The molecule has 0 aromatic heterocycles. The Morgan fingerprint density at radius 1 is 1.09 bits per heavy atom. The number of aliphatic imine (C=N–C) groups is 1. The number of hydrogen-bond donors (Lipinski definition) is 3. The van der Waals surface area contributed by atoms with Crippen LogP contribution in [0.4, 0.5) is 26.3 Å². The largest absolute Gasteiger partial charge is 0.507 e. The van der Waals surface area contributed by atoms with Crippen LogP contribution in [0.3, 0.4) is 0 Å². The van der Waals surface area contributed by atoms with Gasteiger partial charge in [0.25, 0.3) is 0 Å². The number of amidine groups is 1. The summed E-state index contributed by atoms with van der Waals surface area (Å²) < 4.78 is 108. The van der Waals surface area contributed by atoms with Gasteiger partial charge in [-0.25, -0.2) is 8.42 Å². The first-order valence-electron chi connectivity index (χ1n) is 14.1. The Labute approximate surface area is 260 Å². The molecule has 2 aromatic carbocycles. The predicted octanol–water partition coefficient (Wildman–Crippen LogP) is 5.64. The number of carbonyl (C=O) groups is 1. The number of hydrogen-bond acceptors (Lipinski definition) is 6. The fourth-order valence-electron chi connectivity index (χ4n) is 6.58. The lowest BCUT2D eigenvalue weighted by atomic mass is 9.76. The number of nitrogens with one attached hydrogen (secondary N) is 2. The highest BCUT2D eigenvalue weighted by molar-refractivity contribution is 7.89. The molecule has 16 heteroatoms. The second-order valence-corrected chi connectivity index (χ2v) is 14.7. The van der Waals surface area contributed by atoms with E-state index in [2.05, 4.69) is 15.6 Å². The van der Waals surface area contributed by atoms with Gasteiger partial charge in [0.2, 0.25) is 15.9 Å². The number of alkyl halides is 6. The minimum Gasteiger partial charge on any atom is -0.507 e. The molecule has 8 nitrogen and oxygen atoms in total. The van der Waals surface area contributed by atoms with E-state index >= 15 is 0 Å². The number of nitrogens with zero attached hydrogens (tertiary/aromatic N) is 2. The van der Waals surface area contributed by atoms with Crippen molar-refractivity contribution >= 4 is 33.4 Å². The van der Waals surface area contributed by atoms with E-state index in [0.717, 1.165) is 4.31 Å². The fraction of sp³-hybridized carbons (Fsp3) is 0.517. The van der Waals surface area contributed by atoms with Crippen molar-refractivity contribution in [2.75, 3.05) is 6.54 Å². The van der Waals surface area contributed by atoms with E-state index in [0.29, 0.717) is 47.5 Å². The summed E-state index contributed by atoms with van der Waals surface area (Å²) in [6, 6.07) is 7.00. The number of carbonyl (C=O) groups excluding carboxylic acids is 1. The number of halogens is 7. The number of amides is 1. The average Bonchev–Trinajstić information content (AvgIpc) is 3.55. The minimum atomic E-state index is -4.86. The molecule has 2 atom stereocenters. The highest BCUT2D eigenvalue weighted by Crippen LogP contribution is 2.61. The summed E-state index contributed by atoms with van der Waals surface area (Å²) in [5.74, 6) is -1.52. The highest BCUT2D eigenvalue weighted by atomic mass is 35.5. The van der Waals surface area contributed by atoms with Crippen LogP contribution in [-0.2, 0) is 27.5 Å². The van der Waals surface area contributed by atoms with Crippen molar-refractivity contribution in [1.82, 2.24) is 14.9 Å². The monoisotopic (exact) mass is 680 g/mol. The maximum absolute atomic E-state index is 14.2. The third-order valence-corrected chi connectivity index (χ3v) is 11.0. The number of aromatic hydroxyl groups is 1. The Balaban J connectivity index is 1.45. The van der Waals surface area contributed by atoms with Crippen LogP contribution in [0.15, 0.2) is 52.4 Å². The molecule has 2 aromatic rings. The van der Waals surface area contributed by atoms with Gasteiger partial charge >= 0.3 is 12.4 Å². The molecule has 4 aliphatic rings. The SMILES string of the molecule is CC1(C)NC([C@H]2CC3(N(Cc4ccc(Cl)cc4)S(=O)(=O)c4cc(C(F)(F)F)ccc4O)CC2C3)=N[C@H]1C(=O)NCCC(F)(F)F. The van der Waals surface area contributed by atoms with Gasteiger partial charge in [-0.1, -0.05) is 23.7 Å². The van der Waals surface area contributed by atoms with E-state index in [4.69, 9.17) is 11.6 Å². The summed E-state index contributed by atoms with van der Waals surface area (Å²) in [5, 5.41) is 16.4. The lowest BCUT2D eigenvalue weighted by Gasteiger charge is -2.46. The summed E-state index contributed by atoms with van der Waals surface area (Å²) in [7, 11) is -4.71. The van der Waals surface area contributed by atoms with E-state index in [1.807, 2.05) is 0 Å². The minimum absolute atomic E-state index is 0.0860. The zero-order valence-corrected chi connectivity index (χ0v) is 25.7. The predicted molar refractivity (Wildman–Crippen MR) is 153 cm³/mol. The van der Waals surface area contributed by atoms with Gasteiger partial charge in [-0.3, -0.25) is 9.79 Å². The first kappa shape index (κ1) is 33.3. The molecule has 1 heterocycles. The molecule has 246 valence electrons. The lowest BCUT2D eigenvalue weighted by molar-refractivity contribution is -0.138. The van der Waals surface area contributed by atoms with Gasteiger partial charge < -0.3 is 15.7 Å². The van der Waals surface area contributed by atoms with E-state index in [1.54, 1.807) is 38.1 Å². The van der Waals surface area contributed by atoms with Crippen LogP contribution in [0.25, 0.3) is 0 Å². The third kappa shape index (κ3) is 6.61. The molecule has 2 bridgehead atoms. The number of sulfonamides is 1. The average molecular weight is 681 g/mol. The van der Waals surface area contributed by atoms with Crippen molar-refractivity contribution in [2.24, 2.45) is 16.8 Å². The molecule has 3 aliphatic carbocycles. The maximum Gasteiger partial charge on any atom is 0.416 e. The fourth-order valence-corrected chi connectivity index (χ4v) is 8.60. The van der Waals surface area contributed by atoms with Crippen molar-refractivity contribution in [1.29, 1.82) is 0 Å². The van der Waals surface area contributed by atoms with Crippen molar-refractivity contribution in [3.8, 4) is 5.75 Å². The van der Waals surface area contributed by atoms with E-state index in [9.17, 15) is 44.7 Å². The van der Waals surface area contributed by atoms with Gasteiger partial charge in [0.05, 0.1) is 17.5 Å². The quantitative estimate of drug-likeness (QED) is 0.297. The topological polar surface area (TPSA) is 111 Å². The number of rotatable bonds is 9. The van der Waals surface area contributed by atoms with Crippen LogP contribution >= 0.6 is 11.6 Å². The lowest BCUT2D eigenvalue weighted by Crippen LogP contribution is -2.54. The molecule has 0 spiro atoms. The molecule has 3 saturated carbocycles. The molecule has 0 unspecified atom stereocenters.